The molecule has 0 saturated heterocycles. The van der Waals surface area contributed by atoms with Crippen LogP contribution in [0.4, 0.5) is 0 Å². The smallest absolute Gasteiger partial charge is 0.119 e. The van der Waals surface area contributed by atoms with Crippen molar-refractivity contribution < 1.29 is 4.74 Å². The van der Waals surface area contributed by atoms with Gasteiger partial charge in [-0.2, -0.15) is 11.8 Å². The molecule has 2 unspecified atom stereocenters. The van der Waals surface area contributed by atoms with Gasteiger partial charge in [-0.15, -0.1) is 0 Å². The fraction of sp³-hybridized carbons (Fsp3) is 0.600. The minimum absolute atomic E-state index is 0.430. The van der Waals surface area contributed by atoms with Crippen LogP contribution in [0, 0.1) is 5.92 Å². The highest BCUT2D eigenvalue weighted by molar-refractivity contribution is 7.99. The molecule has 1 heterocycles. The number of nitrogens with one attached hydrogen (secondary N) is 1. The Balaban J connectivity index is 2.33. The van der Waals surface area contributed by atoms with Gasteiger partial charge >= 0.3 is 0 Å². The van der Waals surface area contributed by atoms with Crippen LogP contribution in [-0.4, -0.2) is 18.9 Å². The maximum atomic E-state index is 5.63. The van der Waals surface area contributed by atoms with E-state index < -0.39 is 0 Å². The number of fused-ring (bicyclic) bond motifs is 1. The second kappa shape index (κ2) is 5.98. The fourth-order valence-corrected chi connectivity index (χ4v) is 4.10. The molecule has 0 bridgehead atoms. The second-order valence-corrected chi connectivity index (χ2v) is 6.25. The molecular weight excluding hydrogens is 242 g/mol. The molecule has 1 aromatic carbocycles. The lowest BCUT2D eigenvalue weighted by molar-refractivity contribution is 0.339. The predicted molar refractivity (Wildman–Crippen MR) is 79.3 cm³/mol. The summed E-state index contributed by atoms with van der Waals surface area (Å²) in [7, 11) is 2.06. The number of ether oxygens (including phenoxy) is 1. The van der Waals surface area contributed by atoms with E-state index in [0.717, 1.165) is 18.1 Å². The van der Waals surface area contributed by atoms with E-state index in [2.05, 4.69) is 56.2 Å². The maximum absolute atomic E-state index is 5.63. The molecule has 1 N–H and O–H groups in total. The summed E-state index contributed by atoms with van der Waals surface area (Å²) in [6.45, 7) is 7.37. The van der Waals surface area contributed by atoms with E-state index in [9.17, 15) is 0 Å². The minimum atomic E-state index is 0.430. The summed E-state index contributed by atoms with van der Waals surface area (Å²) >= 11 is 2.06. The molecule has 0 spiro atoms. The summed E-state index contributed by atoms with van der Waals surface area (Å²) in [6, 6.07) is 6.95. The number of thioether (sulfide) groups is 1. The zero-order valence-electron chi connectivity index (χ0n) is 11.7. The van der Waals surface area contributed by atoms with E-state index in [0.29, 0.717) is 17.2 Å². The summed E-state index contributed by atoms with van der Waals surface area (Å²) in [4.78, 5) is 0. The molecule has 0 aliphatic carbocycles. The summed E-state index contributed by atoms with van der Waals surface area (Å²) in [5.41, 5.74) is 2.86. The summed E-state index contributed by atoms with van der Waals surface area (Å²) < 4.78 is 5.63. The van der Waals surface area contributed by atoms with Crippen molar-refractivity contribution in [3.8, 4) is 5.75 Å². The van der Waals surface area contributed by atoms with Crippen molar-refractivity contribution in [1.82, 2.24) is 5.32 Å². The molecule has 1 aliphatic rings. The Morgan fingerprint density at radius 3 is 2.83 bits per heavy atom. The first kappa shape index (κ1) is 13.8. The number of benzene rings is 1. The van der Waals surface area contributed by atoms with Crippen molar-refractivity contribution in [1.29, 1.82) is 0 Å². The van der Waals surface area contributed by atoms with Gasteiger partial charge in [0, 0.05) is 17.0 Å². The third kappa shape index (κ3) is 2.67. The van der Waals surface area contributed by atoms with Crippen LogP contribution in [0.25, 0.3) is 0 Å². The van der Waals surface area contributed by atoms with Crippen LogP contribution in [0.15, 0.2) is 18.2 Å². The molecule has 0 amide bonds. The van der Waals surface area contributed by atoms with Gasteiger partial charge in [0.25, 0.3) is 0 Å². The highest BCUT2D eigenvalue weighted by atomic mass is 32.2. The average molecular weight is 265 g/mol. The SMILES string of the molecule is CCOc1ccc2c(c1)C(NC)C(C(C)C)SC2. The van der Waals surface area contributed by atoms with Crippen molar-refractivity contribution in [2.45, 2.75) is 37.8 Å². The molecule has 1 aliphatic heterocycles. The predicted octanol–water partition coefficient (Wildman–Crippen LogP) is 3.62. The highest BCUT2D eigenvalue weighted by Gasteiger charge is 2.31. The average Bonchev–Trinajstić information content (AvgIpc) is 2.37. The van der Waals surface area contributed by atoms with E-state index in [1.165, 1.54) is 11.1 Å². The van der Waals surface area contributed by atoms with E-state index in [1.807, 2.05) is 6.92 Å². The van der Waals surface area contributed by atoms with E-state index >= 15 is 0 Å². The first-order valence-electron chi connectivity index (χ1n) is 6.71. The van der Waals surface area contributed by atoms with Crippen molar-refractivity contribution in [3.63, 3.8) is 0 Å². The molecule has 0 saturated carbocycles. The Morgan fingerprint density at radius 2 is 2.22 bits per heavy atom. The van der Waals surface area contributed by atoms with E-state index in [4.69, 9.17) is 4.74 Å². The van der Waals surface area contributed by atoms with Gasteiger partial charge in [0.1, 0.15) is 5.75 Å². The van der Waals surface area contributed by atoms with Gasteiger partial charge < -0.3 is 10.1 Å². The van der Waals surface area contributed by atoms with Gasteiger partial charge in [-0.3, -0.25) is 0 Å². The highest BCUT2D eigenvalue weighted by Crippen LogP contribution is 2.42. The van der Waals surface area contributed by atoms with Crippen molar-refractivity contribution >= 4 is 11.8 Å². The molecule has 2 atom stereocenters. The molecule has 3 heteroatoms. The van der Waals surface area contributed by atoms with E-state index in [-0.39, 0.29) is 0 Å². The van der Waals surface area contributed by atoms with Crippen LogP contribution in [0.3, 0.4) is 0 Å². The van der Waals surface area contributed by atoms with Gasteiger partial charge in [-0.1, -0.05) is 19.9 Å². The van der Waals surface area contributed by atoms with Crippen LogP contribution in [-0.2, 0) is 5.75 Å². The lowest BCUT2D eigenvalue weighted by Crippen LogP contribution is -2.34. The monoisotopic (exact) mass is 265 g/mol. The zero-order chi connectivity index (χ0) is 13.1. The Bertz CT molecular complexity index is 405. The van der Waals surface area contributed by atoms with Gasteiger partial charge in [0.05, 0.1) is 6.61 Å². The van der Waals surface area contributed by atoms with E-state index in [1.54, 1.807) is 0 Å². The lowest BCUT2D eigenvalue weighted by atomic mass is 9.92. The molecule has 2 rings (SSSR count). The molecule has 1 aromatic rings. The minimum Gasteiger partial charge on any atom is -0.494 e. The second-order valence-electron chi connectivity index (χ2n) is 5.08. The Kier molecular flexibility index (Phi) is 4.57. The van der Waals surface area contributed by atoms with Crippen LogP contribution in [0.2, 0.25) is 0 Å². The molecule has 0 radical (unpaired) electrons. The van der Waals surface area contributed by atoms with Crippen molar-refractivity contribution in [3.05, 3.63) is 29.3 Å². The lowest BCUT2D eigenvalue weighted by Gasteiger charge is -2.35. The molecule has 0 aromatic heterocycles. The van der Waals surface area contributed by atoms with Gasteiger partial charge in [0.15, 0.2) is 0 Å². The maximum Gasteiger partial charge on any atom is 0.119 e. The van der Waals surface area contributed by atoms with Crippen molar-refractivity contribution in [2.75, 3.05) is 13.7 Å². The Morgan fingerprint density at radius 1 is 1.44 bits per heavy atom. The number of rotatable bonds is 4. The molecule has 100 valence electrons. The molecular formula is C15H23NOS. The quantitative estimate of drug-likeness (QED) is 0.898. The largest absolute Gasteiger partial charge is 0.494 e. The molecule has 18 heavy (non-hydrogen) atoms. The first-order valence-corrected chi connectivity index (χ1v) is 7.76. The third-order valence-corrected chi connectivity index (χ3v) is 5.17. The molecule has 0 fully saturated rings. The molecule has 2 nitrogen and oxygen atoms in total. The Labute approximate surface area is 114 Å². The first-order chi connectivity index (χ1) is 8.67. The van der Waals surface area contributed by atoms with Crippen LogP contribution in [0.1, 0.15) is 37.9 Å². The summed E-state index contributed by atoms with van der Waals surface area (Å²) in [5, 5.41) is 4.12. The number of hydrogen-bond acceptors (Lipinski definition) is 3. The van der Waals surface area contributed by atoms with Gasteiger partial charge in [-0.25, -0.2) is 0 Å². The summed E-state index contributed by atoms with van der Waals surface area (Å²) in [5.74, 6) is 2.78. The standard InChI is InChI=1S/C15H23NOS/c1-5-17-12-7-6-11-9-18-15(10(2)3)14(16-4)13(11)8-12/h6-8,10,14-16H,5,9H2,1-4H3. The van der Waals surface area contributed by atoms with Crippen LogP contribution >= 0.6 is 11.8 Å². The normalized spacial score (nSPS) is 22.9. The third-order valence-electron chi connectivity index (χ3n) is 3.49. The van der Waals surface area contributed by atoms with Crippen LogP contribution in [0.5, 0.6) is 5.75 Å². The van der Waals surface area contributed by atoms with Crippen molar-refractivity contribution in [2.24, 2.45) is 5.92 Å². The topological polar surface area (TPSA) is 21.3 Å². The van der Waals surface area contributed by atoms with Crippen LogP contribution < -0.4 is 10.1 Å². The Hall–Kier alpha value is -0.670. The van der Waals surface area contributed by atoms with Gasteiger partial charge in [0.2, 0.25) is 0 Å². The zero-order valence-corrected chi connectivity index (χ0v) is 12.5. The number of hydrogen-bond donors (Lipinski definition) is 1. The van der Waals surface area contributed by atoms with Gasteiger partial charge in [-0.05, 0) is 43.1 Å². The summed E-state index contributed by atoms with van der Waals surface area (Å²) in [6.07, 6.45) is 0. The fourth-order valence-electron chi connectivity index (χ4n) is 2.61.